The molecule has 1 fully saturated rings. The van der Waals surface area contributed by atoms with Gasteiger partial charge in [-0.1, -0.05) is 6.07 Å². The third-order valence-electron chi connectivity index (χ3n) is 5.29. The molecule has 1 aliphatic rings. The SMILES string of the molecule is CCOC(=O)C1CCN(C(=O)CN(C)C(=O)c2cnn(-c3ccccn3)c2C)CC1. The van der Waals surface area contributed by atoms with Crippen LogP contribution in [-0.2, 0) is 14.3 Å². The van der Waals surface area contributed by atoms with Crippen molar-refractivity contribution in [1.82, 2.24) is 24.6 Å². The highest BCUT2D eigenvalue weighted by Gasteiger charge is 2.29. The molecule has 0 aliphatic carbocycles. The van der Waals surface area contributed by atoms with Crippen molar-refractivity contribution in [2.45, 2.75) is 26.7 Å². The molecule has 1 saturated heterocycles. The largest absolute Gasteiger partial charge is 0.466 e. The summed E-state index contributed by atoms with van der Waals surface area (Å²) >= 11 is 0. The van der Waals surface area contributed by atoms with Gasteiger partial charge in [0.2, 0.25) is 5.91 Å². The van der Waals surface area contributed by atoms with E-state index in [0.717, 1.165) is 0 Å². The Bertz CT molecular complexity index is 903. The number of amides is 2. The molecule has 9 heteroatoms. The number of esters is 1. The van der Waals surface area contributed by atoms with Crippen molar-refractivity contribution in [3.8, 4) is 5.82 Å². The van der Waals surface area contributed by atoms with Crippen LogP contribution in [0.1, 0.15) is 35.8 Å². The molecule has 0 atom stereocenters. The van der Waals surface area contributed by atoms with Gasteiger partial charge in [-0.15, -0.1) is 0 Å². The van der Waals surface area contributed by atoms with E-state index in [-0.39, 0.29) is 30.2 Å². The van der Waals surface area contributed by atoms with Gasteiger partial charge in [-0.05, 0) is 38.8 Å². The van der Waals surface area contributed by atoms with Gasteiger partial charge >= 0.3 is 5.97 Å². The zero-order valence-corrected chi connectivity index (χ0v) is 17.6. The average Bonchev–Trinajstić information content (AvgIpc) is 3.15. The maximum Gasteiger partial charge on any atom is 0.309 e. The quantitative estimate of drug-likeness (QED) is 0.665. The maximum atomic E-state index is 12.9. The first-order valence-corrected chi connectivity index (χ1v) is 10.1. The molecule has 30 heavy (non-hydrogen) atoms. The molecule has 0 bridgehead atoms. The van der Waals surface area contributed by atoms with E-state index in [1.165, 1.54) is 11.1 Å². The van der Waals surface area contributed by atoms with Crippen molar-refractivity contribution in [3.05, 3.63) is 41.9 Å². The van der Waals surface area contributed by atoms with Gasteiger partial charge in [0.15, 0.2) is 5.82 Å². The van der Waals surface area contributed by atoms with E-state index in [2.05, 4.69) is 10.1 Å². The summed E-state index contributed by atoms with van der Waals surface area (Å²) in [7, 11) is 1.60. The van der Waals surface area contributed by atoms with E-state index in [9.17, 15) is 14.4 Å². The van der Waals surface area contributed by atoms with E-state index < -0.39 is 0 Å². The van der Waals surface area contributed by atoms with E-state index >= 15 is 0 Å². The molecule has 0 unspecified atom stereocenters. The Kier molecular flexibility index (Phi) is 6.81. The lowest BCUT2D eigenvalue weighted by molar-refractivity contribution is -0.151. The van der Waals surface area contributed by atoms with E-state index in [1.54, 1.807) is 42.7 Å². The highest BCUT2D eigenvalue weighted by atomic mass is 16.5. The number of nitrogens with zero attached hydrogens (tertiary/aromatic N) is 5. The molecule has 2 aromatic heterocycles. The Morgan fingerprint density at radius 2 is 1.97 bits per heavy atom. The Morgan fingerprint density at radius 1 is 1.23 bits per heavy atom. The second-order valence-electron chi connectivity index (χ2n) is 7.31. The molecule has 0 spiro atoms. The van der Waals surface area contributed by atoms with Gasteiger partial charge in [0.1, 0.15) is 0 Å². The highest BCUT2D eigenvalue weighted by molar-refractivity contribution is 5.97. The Morgan fingerprint density at radius 3 is 2.60 bits per heavy atom. The van der Waals surface area contributed by atoms with E-state index in [0.29, 0.717) is 49.6 Å². The number of rotatable bonds is 6. The topological polar surface area (TPSA) is 97.6 Å². The van der Waals surface area contributed by atoms with Gasteiger partial charge in [0, 0.05) is 26.3 Å². The van der Waals surface area contributed by atoms with E-state index in [4.69, 9.17) is 4.74 Å². The van der Waals surface area contributed by atoms with Crippen LogP contribution in [0.5, 0.6) is 0 Å². The minimum absolute atomic E-state index is 0.0306. The summed E-state index contributed by atoms with van der Waals surface area (Å²) in [5.41, 5.74) is 1.09. The molecule has 0 saturated carbocycles. The smallest absolute Gasteiger partial charge is 0.309 e. The second kappa shape index (κ2) is 9.51. The number of carbonyl (C=O) groups is 3. The fraction of sp³-hybridized carbons (Fsp3) is 0.476. The zero-order chi connectivity index (χ0) is 21.7. The molecule has 3 heterocycles. The summed E-state index contributed by atoms with van der Waals surface area (Å²) in [4.78, 5) is 44.7. The fourth-order valence-corrected chi connectivity index (χ4v) is 3.53. The van der Waals surface area contributed by atoms with Gasteiger partial charge in [-0.3, -0.25) is 14.4 Å². The normalized spacial score (nSPS) is 14.4. The van der Waals surface area contributed by atoms with Gasteiger partial charge in [0.05, 0.1) is 36.5 Å². The van der Waals surface area contributed by atoms with Crippen molar-refractivity contribution in [3.63, 3.8) is 0 Å². The number of likely N-dealkylation sites (N-methyl/N-ethyl adjacent to an activating group) is 1. The van der Waals surface area contributed by atoms with Crippen molar-refractivity contribution in [1.29, 1.82) is 0 Å². The van der Waals surface area contributed by atoms with Crippen LogP contribution in [0, 0.1) is 12.8 Å². The lowest BCUT2D eigenvalue weighted by atomic mass is 9.97. The number of likely N-dealkylation sites (tertiary alicyclic amines) is 1. The summed E-state index contributed by atoms with van der Waals surface area (Å²) < 4.78 is 6.66. The van der Waals surface area contributed by atoms with Gasteiger partial charge in [-0.25, -0.2) is 9.67 Å². The molecule has 2 amide bonds. The molecule has 1 aliphatic heterocycles. The highest BCUT2D eigenvalue weighted by Crippen LogP contribution is 2.19. The van der Waals surface area contributed by atoms with Crippen LogP contribution >= 0.6 is 0 Å². The molecule has 160 valence electrons. The third kappa shape index (κ3) is 4.67. The lowest BCUT2D eigenvalue weighted by Crippen LogP contribution is -2.45. The summed E-state index contributed by atoms with van der Waals surface area (Å²) in [6.07, 6.45) is 4.32. The predicted molar refractivity (Wildman–Crippen MR) is 109 cm³/mol. The Balaban J connectivity index is 1.58. The molecular weight excluding hydrogens is 386 g/mol. The van der Waals surface area contributed by atoms with Crippen LogP contribution in [0.2, 0.25) is 0 Å². The summed E-state index contributed by atoms with van der Waals surface area (Å²) in [6.45, 7) is 4.89. The second-order valence-corrected chi connectivity index (χ2v) is 7.31. The van der Waals surface area contributed by atoms with Crippen molar-refractivity contribution in [2.24, 2.45) is 5.92 Å². The van der Waals surface area contributed by atoms with Crippen LogP contribution in [0.4, 0.5) is 0 Å². The van der Waals surface area contributed by atoms with Gasteiger partial charge in [0.25, 0.3) is 5.91 Å². The van der Waals surface area contributed by atoms with Crippen LogP contribution in [-0.4, -0.2) is 75.6 Å². The van der Waals surface area contributed by atoms with Crippen LogP contribution in [0.15, 0.2) is 30.6 Å². The van der Waals surface area contributed by atoms with Crippen molar-refractivity contribution >= 4 is 17.8 Å². The van der Waals surface area contributed by atoms with Gasteiger partial charge < -0.3 is 14.5 Å². The molecule has 0 N–H and O–H groups in total. The number of ether oxygens (including phenoxy) is 1. The Labute approximate surface area is 175 Å². The Hall–Kier alpha value is -3.23. The van der Waals surface area contributed by atoms with Crippen LogP contribution < -0.4 is 0 Å². The fourth-order valence-electron chi connectivity index (χ4n) is 3.53. The zero-order valence-electron chi connectivity index (χ0n) is 17.6. The van der Waals surface area contributed by atoms with Crippen LogP contribution in [0.25, 0.3) is 5.82 Å². The standard InChI is InChI=1S/C21H27N5O4/c1-4-30-21(29)16-8-11-25(12-9-16)19(27)14-24(3)20(28)17-13-23-26(15(17)2)18-7-5-6-10-22-18/h5-7,10,13,16H,4,8-9,11-12,14H2,1-3H3. The average molecular weight is 413 g/mol. The number of aromatic nitrogens is 3. The number of carbonyl (C=O) groups excluding carboxylic acids is 3. The number of hydrogen-bond acceptors (Lipinski definition) is 6. The third-order valence-corrected chi connectivity index (χ3v) is 5.29. The first-order valence-electron chi connectivity index (χ1n) is 10.1. The predicted octanol–water partition coefficient (Wildman–Crippen LogP) is 1.45. The molecule has 2 aromatic rings. The molecule has 0 aromatic carbocycles. The summed E-state index contributed by atoms with van der Waals surface area (Å²) in [6, 6.07) is 5.46. The molecular formula is C21H27N5O4. The minimum atomic E-state index is -0.274. The summed E-state index contributed by atoms with van der Waals surface area (Å²) in [5, 5.41) is 4.27. The van der Waals surface area contributed by atoms with Crippen molar-refractivity contribution < 1.29 is 19.1 Å². The first kappa shape index (κ1) is 21.5. The monoisotopic (exact) mass is 413 g/mol. The summed E-state index contributed by atoms with van der Waals surface area (Å²) in [5.74, 6) is -0.143. The maximum absolute atomic E-state index is 12.9. The molecule has 9 nitrogen and oxygen atoms in total. The van der Waals surface area contributed by atoms with Crippen molar-refractivity contribution in [2.75, 3.05) is 33.3 Å². The molecule has 0 radical (unpaired) electrons. The number of hydrogen-bond donors (Lipinski definition) is 0. The van der Waals surface area contributed by atoms with E-state index in [1.807, 2.05) is 12.1 Å². The lowest BCUT2D eigenvalue weighted by Gasteiger charge is -2.32. The van der Waals surface area contributed by atoms with Crippen LogP contribution in [0.3, 0.4) is 0 Å². The number of piperidine rings is 1. The number of pyridine rings is 1. The first-order chi connectivity index (χ1) is 14.4. The molecule has 3 rings (SSSR count). The minimum Gasteiger partial charge on any atom is -0.466 e. The van der Waals surface area contributed by atoms with Gasteiger partial charge in [-0.2, -0.15) is 5.10 Å².